The first-order valence-corrected chi connectivity index (χ1v) is 7.48. The molecule has 1 N–H and O–H groups in total. The molecule has 0 aliphatic heterocycles. The molecule has 112 valence electrons. The summed E-state index contributed by atoms with van der Waals surface area (Å²) in [5.41, 5.74) is 5.86. The van der Waals surface area contributed by atoms with Gasteiger partial charge in [0.1, 0.15) is 5.75 Å². The Bertz CT molecular complexity index is 652. The van der Waals surface area contributed by atoms with Crippen molar-refractivity contribution >= 4 is 17.3 Å². The molecule has 2 aromatic rings. The molecule has 1 unspecified atom stereocenters. The third kappa shape index (κ3) is 3.51. The van der Waals surface area contributed by atoms with Crippen LogP contribution in [0.2, 0.25) is 5.02 Å². The summed E-state index contributed by atoms with van der Waals surface area (Å²) in [6.07, 6.45) is 0. The SMILES string of the molecule is COc1cc(Cl)c(C)cc1NC(C)c1ccc(C)cc1C. The zero-order valence-corrected chi connectivity index (χ0v) is 14.0. The Morgan fingerprint density at radius 1 is 1.05 bits per heavy atom. The number of anilines is 1. The lowest BCUT2D eigenvalue weighted by atomic mass is 10.00. The Morgan fingerprint density at radius 2 is 1.76 bits per heavy atom. The van der Waals surface area contributed by atoms with Gasteiger partial charge in [-0.15, -0.1) is 0 Å². The van der Waals surface area contributed by atoms with Crippen molar-refractivity contribution in [2.45, 2.75) is 33.7 Å². The highest BCUT2D eigenvalue weighted by Gasteiger charge is 2.12. The molecule has 0 amide bonds. The largest absolute Gasteiger partial charge is 0.495 e. The first-order chi connectivity index (χ1) is 9.92. The minimum Gasteiger partial charge on any atom is -0.495 e. The summed E-state index contributed by atoms with van der Waals surface area (Å²) in [4.78, 5) is 0. The highest BCUT2D eigenvalue weighted by molar-refractivity contribution is 6.31. The Hall–Kier alpha value is -1.67. The van der Waals surface area contributed by atoms with E-state index in [0.717, 1.165) is 22.0 Å². The zero-order valence-electron chi connectivity index (χ0n) is 13.3. The molecule has 0 aliphatic carbocycles. The molecule has 3 heteroatoms. The Balaban J connectivity index is 2.31. The first kappa shape index (κ1) is 15.7. The van der Waals surface area contributed by atoms with E-state index in [9.17, 15) is 0 Å². The summed E-state index contributed by atoms with van der Waals surface area (Å²) in [7, 11) is 1.66. The van der Waals surface area contributed by atoms with Gasteiger partial charge in [-0.1, -0.05) is 35.4 Å². The number of rotatable bonds is 4. The average molecular weight is 304 g/mol. The van der Waals surface area contributed by atoms with E-state index in [1.165, 1.54) is 16.7 Å². The van der Waals surface area contributed by atoms with Crippen LogP contribution in [0.25, 0.3) is 0 Å². The van der Waals surface area contributed by atoms with Crippen LogP contribution in [0, 0.1) is 20.8 Å². The minimum absolute atomic E-state index is 0.195. The zero-order chi connectivity index (χ0) is 15.6. The molecule has 2 aromatic carbocycles. The predicted octanol–water partition coefficient (Wildman–Crippen LogP) is 5.45. The van der Waals surface area contributed by atoms with Gasteiger partial charge < -0.3 is 10.1 Å². The smallest absolute Gasteiger partial charge is 0.143 e. The van der Waals surface area contributed by atoms with Gasteiger partial charge in [0.2, 0.25) is 0 Å². The molecule has 0 saturated carbocycles. The van der Waals surface area contributed by atoms with Gasteiger partial charge in [-0.25, -0.2) is 0 Å². The predicted molar refractivity (Wildman–Crippen MR) is 90.7 cm³/mol. The molecule has 2 rings (SSSR count). The van der Waals surface area contributed by atoms with E-state index in [1.807, 2.05) is 19.1 Å². The van der Waals surface area contributed by atoms with Crippen LogP contribution in [0.15, 0.2) is 30.3 Å². The standard InChI is InChI=1S/C18H22ClNO/c1-11-6-7-15(12(2)8-11)14(4)20-17-9-13(3)16(19)10-18(17)21-5/h6-10,14,20H,1-5H3. The van der Waals surface area contributed by atoms with E-state index >= 15 is 0 Å². The van der Waals surface area contributed by atoms with E-state index in [4.69, 9.17) is 16.3 Å². The number of benzene rings is 2. The summed E-state index contributed by atoms with van der Waals surface area (Å²) in [5.74, 6) is 0.766. The summed E-state index contributed by atoms with van der Waals surface area (Å²) >= 11 is 6.15. The molecule has 0 fully saturated rings. The van der Waals surface area contributed by atoms with Gasteiger partial charge in [-0.05, 0) is 50.5 Å². The van der Waals surface area contributed by atoms with E-state index in [0.29, 0.717) is 0 Å². The topological polar surface area (TPSA) is 21.3 Å². The van der Waals surface area contributed by atoms with Crippen molar-refractivity contribution in [3.05, 3.63) is 57.6 Å². The van der Waals surface area contributed by atoms with E-state index in [-0.39, 0.29) is 6.04 Å². The highest BCUT2D eigenvalue weighted by atomic mass is 35.5. The number of ether oxygens (including phenoxy) is 1. The summed E-state index contributed by atoms with van der Waals surface area (Å²) in [6, 6.07) is 10.6. The van der Waals surface area contributed by atoms with E-state index in [1.54, 1.807) is 7.11 Å². The van der Waals surface area contributed by atoms with Gasteiger partial charge in [-0.2, -0.15) is 0 Å². The van der Waals surface area contributed by atoms with Crippen molar-refractivity contribution < 1.29 is 4.74 Å². The quantitative estimate of drug-likeness (QED) is 0.811. The van der Waals surface area contributed by atoms with Crippen LogP contribution < -0.4 is 10.1 Å². The van der Waals surface area contributed by atoms with E-state index in [2.05, 4.69) is 44.3 Å². The molecule has 2 nitrogen and oxygen atoms in total. The van der Waals surface area contributed by atoms with Crippen LogP contribution in [0.5, 0.6) is 5.75 Å². The highest BCUT2D eigenvalue weighted by Crippen LogP contribution is 2.33. The Kier molecular flexibility index (Phi) is 4.79. The minimum atomic E-state index is 0.195. The van der Waals surface area contributed by atoms with Crippen molar-refractivity contribution in [2.75, 3.05) is 12.4 Å². The van der Waals surface area contributed by atoms with E-state index < -0.39 is 0 Å². The molecule has 0 aromatic heterocycles. The van der Waals surface area contributed by atoms with Gasteiger partial charge in [0.15, 0.2) is 0 Å². The van der Waals surface area contributed by atoms with Gasteiger partial charge in [0.25, 0.3) is 0 Å². The van der Waals surface area contributed by atoms with Gasteiger partial charge in [-0.3, -0.25) is 0 Å². The van der Waals surface area contributed by atoms with Crippen molar-refractivity contribution in [3.8, 4) is 5.75 Å². The van der Waals surface area contributed by atoms with Crippen molar-refractivity contribution in [1.82, 2.24) is 0 Å². The number of hydrogen-bond acceptors (Lipinski definition) is 2. The molecule has 0 aliphatic rings. The number of hydrogen-bond donors (Lipinski definition) is 1. The van der Waals surface area contributed by atoms with Crippen molar-refractivity contribution in [1.29, 1.82) is 0 Å². The monoisotopic (exact) mass is 303 g/mol. The van der Waals surface area contributed by atoms with Gasteiger partial charge >= 0.3 is 0 Å². The van der Waals surface area contributed by atoms with Crippen LogP contribution in [-0.4, -0.2) is 7.11 Å². The molecule has 21 heavy (non-hydrogen) atoms. The summed E-state index contributed by atoms with van der Waals surface area (Å²) < 4.78 is 5.42. The fourth-order valence-electron chi connectivity index (χ4n) is 2.57. The van der Waals surface area contributed by atoms with Crippen LogP contribution in [0.4, 0.5) is 5.69 Å². The normalized spacial score (nSPS) is 12.1. The van der Waals surface area contributed by atoms with Crippen LogP contribution >= 0.6 is 11.6 Å². The molecule has 0 spiro atoms. The Labute approximate surface area is 132 Å². The second-order valence-electron chi connectivity index (χ2n) is 5.53. The molecular weight excluding hydrogens is 282 g/mol. The van der Waals surface area contributed by atoms with Crippen molar-refractivity contribution in [3.63, 3.8) is 0 Å². The number of halogens is 1. The molecular formula is C18H22ClNO. The molecule has 0 heterocycles. The van der Waals surface area contributed by atoms with Crippen LogP contribution in [-0.2, 0) is 0 Å². The lowest BCUT2D eigenvalue weighted by molar-refractivity contribution is 0.416. The second kappa shape index (κ2) is 6.40. The van der Waals surface area contributed by atoms with Gasteiger partial charge in [0.05, 0.1) is 12.8 Å². The molecule has 1 atom stereocenters. The van der Waals surface area contributed by atoms with Gasteiger partial charge in [0, 0.05) is 17.1 Å². The average Bonchev–Trinajstić information content (AvgIpc) is 2.42. The third-order valence-electron chi connectivity index (χ3n) is 3.74. The first-order valence-electron chi connectivity index (χ1n) is 7.10. The number of aryl methyl sites for hydroxylation is 3. The molecule has 0 saturated heterocycles. The fraction of sp³-hybridized carbons (Fsp3) is 0.333. The maximum Gasteiger partial charge on any atom is 0.143 e. The summed E-state index contributed by atoms with van der Waals surface area (Å²) in [5, 5.41) is 4.24. The molecule has 0 bridgehead atoms. The molecule has 0 radical (unpaired) electrons. The maximum absolute atomic E-state index is 6.15. The Morgan fingerprint density at radius 3 is 2.38 bits per heavy atom. The fourth-order valence-corrected chi connectivity index (χ4v) is 2.72. The maximum atomic E-state index is 6.15. The third-order valence-corrected chi connectivity index (χ3v) is 4.15. The van der Waals surface area contributed by atoms with Crippen molar-refractivity contribution in [2.24, 2.45) is 0 Å². The van der Waals surface area contributed by atoms with Crippen LogP contribution in [0.3, 0.4) is 0 Å². The lowest BCUT2D eigenvalue weighted by Gasteiger charge is -2.20. The number of methoxy groups -OCH3 is 1. The second-order valence-corrected chi connectivity index (χ2v) is 5.93. The number of nitrogens with one attached hydrogen (secondary N) is 1. The van der Waals surface area contributed by atoms with Crippen LogP contribution in [0.1, 0.15) is 35.2 Å². The summed E-state index contributed by atoms with van der Waals surface area (Å²) in [6.45, 7) is 8.40. The lowest BCUT2D eigenvalue weighted by Crippen LogP contribution is -2.09.